The number of rotatable bonds is 6. The van der Waals surface area contributed by atoms with Gasteiger partial charge in [0, 0.05) is 5.92 Å². The standard InChI is InChI=1S/C15H25NO3/c1-11(9-12-5-2-3-6-12)14(19)16-15(7-4-8-15)10-13(17)18/h11-12H,2-10H2,1H3,(H,16,19)(H,17,18). The SMILES string of the molecule is CC(CC1CCCC1)C(=O)NC1(CC(=O)O)CCC1. The summed E-state index contributed by atoms with van der Waals surface area (Å²) in [5.74, 6) is -0.0665. The van der Waals surface area contributed by atoms with Crippen molar-refractivity contribution in [2.45, 2.75) is 70.3 Å². The summed E-state index contributed by atoms with van der Waals surface area (Å²) in [6, 6.07) is 0. The molecule has 2 aliphatic carbocycles. The second kappa shape index (κ2) is 5.93. The van der Waals surface area contributed by atoms with Crippen LogP contribution in [-0.2, 0) is 9.59 Å². The Bertz CT molecular complexity index is 343. The van der Waals surface area contributed by atoms with E-state index in [2.05, 4.69) is 5.32 Å². The molecule has 0 aliphatic heterocycles. The first-order valence-electron chi connectivity index (χ1n) is 7.55. The average molecular weight is 267 g/mol. The molecule has 2 aliphatic rings. The second-order valence-corrected chi connectivity index (χ2v) is 6.48. The fraction of sp³-hybridized carbons (Fsp3) is 0.867. The first-order chi connectivity index (χ1) is 9.01. The molecule has 0 aromatic heterocycles. The molecule has 1 unspecified atom stereocenters. The van der Waals surface area contributed by atoms with Crippen LogP contribution in [0.5, 0.6) is 0 Å². The van der Waals surface area contributed by atoms with E-state index in [1.807, 2.05) is 6.92 Å². The number of carboxylic acid groups (broad SMARTS) is 1. The van der Waals surface area contributed by atoms with Crippen molar-refractivity contribution in [3.8, 4) is 0 Å². The third kappa shape index (κ3) is 3.71. The largest absolute Gasteiger partial charge is 0.481 e. The van der Waals surface area contributed by atoms with Gasteiger partial charge in [-0.25, -0.2) is 0 Å². The fourth-order valence-corrected chi connectivity index (χ4v) is 3.48. The smallest absolute Gasteiger partial charge is 0.305 e. The maximum atomic E-state index is 12.2. The van der Waals surface area contributed by atoms with Crippen molar-refractivity contribution in [3.63, 3.8) is 0 Å². The molecule has 0 saturated heterocycles. The van der Waals surface area contributed by atoms with Crippen molar-refractivity contribution in [2.24, 2.45) is 11.8 Å². The summed E-state index contributed by atoms with van der Waals surface area (Å²) < 4.78 is 0. The zero-order chi connectivity index (χ0) is 13.9. The van der Waals surface area contributed by atoms with Gasteiger partial charge in [-0.1, -0.05) is 32.6 Å². The molecular formula is C15H25NO3. The molecule has 0 aromatic carbocycles. The molecule has 4 nitrogen and oxygen atoms in total. The summed E-state index contributed by atoms with van der Waals surface area (Å²) in [6.45, 7) is 1.97. The van der Waals surface area contributed by atoms with Gasteiger partial charge in [-0.3, -0.25) is 9.59 Å². The quantitative estimate of drug-likeness (QED) is 0.777. The fourth-order valence-electron chi connectivity index (χ4n) is 3.48. The van der Waals surface area contributed by atoms with Crippen LogP contribution in [0.4, 0.5) is 0 Å². The van der Waals surface area contributed by atoms with Crippen LogP contribution in [0.3, 0.4) is 0 Å². The molecule has 4 heteroatoms. The lowest BCUT2D eigenvalue weighted by Crippen LogP contribution is -2.55. The minimum absolute atomic E-state index is 0.00868. The number of aliphatic carboxylic acids is 1. The zero-order valence-corrected chi connectivity index (χ0v) is 11.8. The number of hydrogen-bond acceptors (Lipinski definition) is 2. The lowest BCUT2D eigenvalue weighted by Gasteiger charge is -2.42. The van der Waals surface area contributed by atoms with Crippen LogP contribution in [0.2, 0.25) is 0 Å². The van der Waals surface area contributed by atoms with E-state index in [9.17, 15) is 9.59 Å². The van der Waals surface area contributed by atoms with Gasteiger partial charge in [-0.2, -0.15) is 0 Å². The van der Waals surface area contributed by atoms with Crippen LogP contribution >= 0.6 is 0 Å². The summed E-state index contributed by atoms with van der Waals surface area (Å²) in [6.07, 6.45) is 8.73. The second-order valence-electron chi connectivity index (χ2n) is 6.48. The van der Waals surface area contributed by atoms with Crippen LogP contribution < -0.4 is 5.32 Å². The first-order valence-corrected chi connectivity index (χ1v) is 7.55. The van der Waals surface area contributed by atoms with Crippen molar-refractivity contribution in [3.05, 3.63) is 0 Å². The zero-order valence-electron chi connectivity index (χ0n) is 11.8. The van der Waals surface area contributed by atoms with E-state index < -0.39 is 11.5 Å². The molecule has 1 atom stereocenters. The number of nitrogens with one attached hydrogen (secondary N) is 1. The Balaban J connectivity index is 1.82. The third-order valence-electron chi connectivity index (χ3n) is 4.80. The molecule has 2 N–H and O–H groups in total. The Labute approximate surface area is 115 Å². The number of carboxylic acids is 1. The number of amides is 1. The van der Waals surface area contributed by atoms with Crippen molar-refractivity contribution >= 4 is 11.9 Å². The van der Waals surface area contributed by atoms with E-state index in [1.165, 1.54) is 25.7 Å². The molecule has 2 fully saturated rings. The molecule has 2 rings (SSSR count). The molecule has 0 aromatic rings. The van der Waals surface area contributed by atoms with E-state index in [0.717, 1.165) is 25.7 Å². The van der Waals surface area contributed by atoms with Gasteiger partial charge in [0.2, 0.25) is 5.91 Å². The van der Waals surface area contributed by atoms with Crippen LogP contribution in [0.15, 0.2) is 0 Å². The van der Waals surface area contributed by atoms with Crippen molar-refractivity contribution in [1.82, 2.24) is 5.32 Å². The summed E-state index contributed by atoms with van der Waals surface area (Å²) in [4.78, 5) is 23.1. The van der Waals surface area contributed by atoms with Crippen LogP contribution in [0, 0.1) is 11.8 Å². The highest BCUT2D eigenvalue weighted by atomic mass is 16.4. The lowest BCUT2D eigenvalue weighted by molar-refractivity contribution is -0.140. The predicted molar refractivity (Wildman–Crippen MR) is 72.7 cm³/mol. The van der Waals surface area contributed by atoms with Gasteiger partial charge in [0.15, 0.2) is 0 Å². The number of carbonyl (C=O) groups excluding carboxylic acids is 1. The van der Waals surface area contributed by atoms with Gasteiger partial charge >= 0.3 is 5.97 Å². The Morgan fingerprint density at radius 2 is 1.89 bits per heavy atom. The summed E-state index contributed by atoms with van der Waals surface area (Å²) in [5.41, 5.74) is -0.452. The molecule has 108 valence electrons. The average Bonchev–Trinajstić information content (AvgIpc) is 2.78. The molecule has 1 amide bonds. The normalized spacial score (nSPS) is 23.6. The van der Waals surface area contributed by atoms with E-state index in [-0.39, 0.29) is 18.2 Å². The molecule has 0 heterocycles. The number of hydrogen-bond donors (Lipinski definition) is 2. The summed E-state index contributed by atoms with van der Waals surface area (Å²) in [7, 11) is 0. The molecular weight excluding hydrogens is 242 g/mol. The van der Waals surface area contributed by atoms with Gasteiger partial charge < -0.3 is 10.4 Å². The number of carbonyl (C=O) groups is 2. The summed E-state index contributed by atoms with van der Waals surface area (Å²) >= 11 is 0. The highest BCUT2D eigenvalue weighted by Crippen LogP contribution is 2.36. The van der Waals surface area contributed by atoms with E-state index in [4.69, 9.17) is 5.11 Å². The van der Waals surface area contributed by atoms with Crippen LogP contribution in [0.1, 0.15) is 64.7 Å². The van der Waals surface area contributed by atoms with Crippen molar-refractivity contribution < 1.29 is 14.7 Å². The third-order valence-corrected chi connectivity index (χ3v) is 4.80. The highest BCUT2D eigenvalue weighted by Gasteiger charge is 2.41. The Hall–Kier alpha value is -1.06. The van der Waals surface area contributed by atoms with E-state index in [1.54, 1.807) is 0 Å². The van der Waals surface area contributed by atoms with Crippen LogP contribution in [0.25, 0.3) is 0 Å². The van der Waals surface area contributed by atoms with Crippen molar-refractivity contribution in [1.29, 1.82) is 0 Å². The van der Waals surface area contributed by atoms with Crippen LogP contribution in [-0.4, -0.2) is 22.5 Å². The van der Waals surface area contributed by atoms with Crippen molar-refractivity contribution in [2.75, 3.05) is 0 Å². The maximum absolute atomic E-state index is 12.2. The van der Waals surface area contributed by atoms with Gasteiger partial charge in [0.05, 0.1) is 12.0 Å². The maximum Gasteiger partial charge on any atom is 0.305 e. The van der Waals surface area contributed by atoms with Gasteiger partial charge in [-0.05, 0) is 31.6 Å². The monoisotopic (exact) mass is 267 g/mol. The predicted octanol–water partition coefficient (Wildman–Crippen LogP) is 2.72. The molecule has 2 saturated carbocycles. The van der Waals surface area contributed by atoms with Gasteiger partial charge in [-0.15, -0.1) is 0 Å². The lowest BCUT2D eigenvalue weighted by atomic mass is 9.74. The molecule has 0 radical (unpaired) electrons. The van der Waals surface area contributed by atoms with Gasteiger partial charge in [0.25, 0.3) is 0 Å². The molecule has 0 spiro atoms. The van der Waals surface area contributed by atoms with Gasteiger partial charge in [0.1, 0.15) is 0 Å². The van der Waals surface area contributed by atoms with E-state index >= 15 is 0 Å². The minimum atomic E-state index is -0.816. The Morgan fingerprint density at radius 3 is 2.37 bits per heavy atom. The topological polar surface area (TPSA) is 66.4 Å². The minimum Gasteiger partial charge on any atom is -0.481 e. The Kier molecular flexibility index (Phi) is 4.48. The van der Waals surface area contributed by atoms with E-state index in [0.29, 0.717) is 5.92 Å². The highest BCUT2D eigenvalue weighted by molar-refractivity contribution is 5.80. The Morgan fingerprint density at radius 1 is 1.26 bits per heavy atom. The molecule has 0 bridgehead atoms. The molecule has 19 heavy (non-hydrogen) atoms. The summed E-state index contributed by atoms with van der Waals surface area (Å²) in [5, 5.41) is 12.0. The first kappa shape index (κ1) is 14.4.